The van der Waals surface area contributed by atoms with Crippen LogP contribution in [0.5, 0.6) is 0 Å². The monoisotopic (exact) mass is 239 g/mol. The first kappa shape index (κ1) is 11.6. The Labute approximate surface area is 97.2 Å². The summed E-state index contributed by atoms with van der Waals surface area (Å²) in [6.45, 7) is 1.10. The van der Waals surface area contributed by atoms with Gasteiger partial charge in [0.25, 0.3) is 0 Å². The molecule has 1 amide bonds. The molecular formula is C10H13N3O4. The van der Waals surface area contributed by atoms with Crippen LogP contribution in [0.1, 0.15) is 29.1 Å². The molecule has 1 aromatic rings. The van der Waals surface area contributed by atoms with Gasteiger partial charge in [0.2, 0.25) is 5.91 Å². The van der Waals surface area contributed by atoms with Gasteiger partial charge >= 0.3 is 5.97 Å². The molecule has 92 valence electrons. The number of hydrogen-bond acceptors (Lipinski definition) is 5. The summed E-state index contributed by atoms with van der Waals surface area (Å²) >= 11 is 0. The van der Waals surface area contributed by atoms with Crippen molar-refractivity contribution >= 4 is 11.9 Å². The minimum Gasteiger partial charge on any atom is -0.476 e. The zero-order valence-corrected chi connectivity index (χ0v) is 9.13. The number of nitrogens with two attached hydrogens (primary N) is 1. The van der Waals surface area contributed by atoms with Gasteiger partial charge in [-0.1, -0.05) is 5.16 Å². The van der Waals surface area contributed by atoms with Crippen LogP contribution < -0.4 is 5.73 Å². The van der Waals surface area contributed by atoms with Crippen LogP contribution in [0.4, 0.5) is 0 Å². The van der Waals surface area contributed by atoms with Crippen LogP contribution in [0.25, 0.3) is 0 Å². The lowest BCUT2D eigenvalue weighted by Gasteiger charge is -2.19. The zero-order chi connectivity index (χ0) is 12.4. The normalized spacial score (nSPS) is 20.6. The van der Waals surface area contributed by atoms with Crippen molar-refractivity contribution in [2.24, 2.45) is 5.73 Å². The molecule has 1 saturated heterocycles. The van der Waals surface area contributed by atoms with Gasteiger partial charge in [0, 0.05) is 6.07 Å². The van der Waals surface area contributed by atoms with E-state index in [1.807, 2.05) is 4.90 Å². The van der Waals surface area contributed by atoms with E-state index < -0.39 is 5.97 Å². The van der Waals surface area contributed by atoms with Crippen molar-refractivity contribution < 1.29 is 19.2 Å². The van der Waals surface area contributed by atoms with Crippen molar-refractivity contribution in [2.75, 3.05) is 6.54 Å². The Morgan fingerprint density at radius 1 is 1.65 bits per heavy atom. The number of rotatable bonds is 4. The SMILES string of the molecule is NC(=O)C1CCCN1Cc1cc(C(=O)O)no1. The fourth-order valence-corrected chi connectivity index (χ4v) is 2.03. The third-order valence-electron chi connectivity index (χ3n) is 2.83. The molecule has 0 aromatic carbocycles. The fraction of sp³-hybridized carbons (Fsp3) is 0.500. The second-order valence-corrected chi connectivity index (χ2v) is 4.01. The molecular weight excluding hydrogens is 226 g/mol. The molecule has 0 aliphatic carbocycles. The van der Waals surface area contributed by atoms with Crippen molar-refractivity contribution in [2.45, 2.75) is 25.4 Å². The van der Waals surface area contributed by atoms with Crippen molar-refractivity contribution in [3.8, 4) is 0 Å². The van der Waals surface area contributed by atoms with Gasteiger partial charge in [-0.05, 0) is 19.4 Å². The number of primary amides is 1. The predicted octanol–water partition coefficient (Wildman–Crippen LogP) is -0.178. The van der Waals surface area contributed by atoms with Crippen LogP contribution in [0.3, 0.4) is 0 Å². The molecule has 0 bridgehead atoms. The number of aromatic nitrogens is 1. The molecule has 17 heavy (non-hydrogen) atoms. The first-order valence-corrected chi connectivity index (χ1v) is 5.30. The highest BCUT2D eigenvalue weighted by atomic mass is 16.5. The average Bonchev–Trinajstić information content (AvgIpc) is 2.86. The van der Waals surface area contributed by atoms with Crippen LogP contribution in [0, 0.1) is 0 Å². The average molecular weight is 239 g/mol. The molecule has 2 rings (SSSR count). The van der Waals surface area contributed by atoms with E-state index in [0.29, 0.717) is 12.3 Å². The molecule has 0 saturated carbocycles. The van der Waals surface area contributed by atoms with E-state index in [-0.39, 0.29) is 17.6 Å². The Hall–Kier alpha value is -1.89. The molecule has 1 aromatic heterocycles. The van der Waals surface area contributed by atoms with Gasteiger partial charge in [0.15, 0.2) is 11.5 Å². The Balaban J connectivity index is 2.04. The number of amides is 1. The predicted molar refractivity (Wildman–Crippen MR) is 56.1 cm³/mol. The Morgan fingerprint density at radius 3 is 3.00 bits per heavy atom. The Bertz CT molecular complexity index is 443. The number of hydrogen-bond donors (Lipinski definition) is 2. The van der Waals surface area contributed by atoms with Gasteiger partial charge in [-0.3, -0.25) is 9.69 Å². The van der Waals surface area contributed by atoms with Crippen LogP contribution in [0.15, 0.2) is 10.6 Å². The first-order valence-electron chi connectivity index (χ1n) is 5.30. The molecule has 2 heterocycles. The summed E-state index contributed by atoms with van der Waals surface area (Å²) in [5.41, 5.74) is 5.14. The van der Waals surface area contributed by atoms with Crippen molar-refractivity contribution in [1.82, 2.24) is 10.1 Å². The van der Waals surface area contributed by atoms with Crippen LogP contribution in [-0.2, 0) is 11.3 Å². The van der Waals surface area contributed by atoms with Gasteiger partial charge in [-0.25, -0.2) is 4.79 Å². The quantitative estimate of drug-likeness (QED) is 0.754. The summed E-state index contributed by atoms with van der Waals surface area (Å²) in [6.07, 6.45) is 1.63. The number of likely N-dealkylation sites (tertiary alicyclic amines) is 1. The van der Waals surface area contributed by atoms with Gasteiger partial charge in [-0.15, -0.1) is 0 Å². The minimum absolute atomic E-state index is 0.130. The Morgan fingerprint density at radius 2 is 2.41 bits per heavy atom. The number of carboxylic acids is 1. The maximum absolute atomic E-state index is 11.2. The zero-order valence-electron chi connectivity index (χ0n) is 9.13. The molecule has 7 heteroatoms. The smallest absolute Gasteiger partial charge is 0.358 e. The number of carbonyl (C=O) groups excluding carboxylic acids is 1. The molecule has 1 fully saturated rings. The maximum Gasteiger partial charge on any atom is 0.358 e. The second kappa shape index (κ2) is 4.54. The topological polar surface area (TPSA) is 110 Å². The number of carbonyl (C=O) groups is 2. The summed E-state index contributed by atoms with van der Waals surface area (Å²) in [7, 11) is 0. The molecule has 3 N–H and O–H groups in total. The number of aromatic carboxylic acids is 1. The third-order valence-corrected chi connectivity index (χ3v) is 2.83. The summed E-state index contributed by atoms with van der Waals surface area (Å²) in [5, 5.41) is 12.1. The van der Waals surface area contributed by atoms with E-state index in [1.165, 1.54) is 6.07 Å². The largest absolute Gasteiger partial charge is 0.476 e. The summed E-state index contributed by atoms with van der Waals surface area (Å²) in [6, 6.07) is 1.06. The molecule has 1 aliphatic heterocycles. The number of nitrogens with zero attached hydrogens (tertiary/aromatic N) is 2. The lowest BCUT2D eigenvalue weighted by molar-refractivity contribution is -0.122. The van der Waals surface area contributed by atoms with E-state index in [0.717, 1.165) is 19.4 Å². The fourth-order valence-electron chi connectivity index (χ4n) is 2.03. The standard InChI is InChI=1S/C10H13N3O4/c11-9(14)8-2-1-3-13(8)5-6-4-7(10(15)16)12-17-6/h4,8H,1-3,5H2,(H2,11,14)(H,15,16). The van der Waals surface area contributed by atoms with Crippen LogP contribution in [-0.4, -0.2) is 39.6 Å². The molecule has 1 unspecified atom stereocenters. The van der Waals surface area contributed by atoms with Crippen molar-refractivity contribution in [1.29, 1.82) is 0 Å². The van der Waals surface area contributed by atoms with Gasteiger partial charge in [-0.2, -0.15) is 0 Å². The molecule has 1 atom stereocenters. The number of carboxylic acid groups (broad SMARTS) is 1. The van der Waals surface area contributed by atoms with E-state index >= 15 is 0 Å². The van der Waals surface area contributed by atoms with Gasteiger partial charge in [0.1, 0.15) is 0 Å². The van der Waals surface area contributed by atoms with Gasteiger partial charge < -0.3 is 15.4 Å². The van der Waals surface area contributed by atoms with E-state index in [4.69, 9.17) is 15.4 Å². The summed E-state index contributed by atoms with van der Waals surface area (Å²) < 4.78 is 4.89. The Kier molecular flexibility index (Phi) is 3.10. The third kappa shape index (κ3) is 2.44. The highest BCUT2D eigenvalue weighted by Gasteiger charge is 2.29. The maximum atomic E-state index is 11.2. The van der Waals surface area contributed by atoms with Crippen LogP contribution in [0.2, 0.25) is 0 Å². The van der Waals surface area contributed by atoms with E-state index in [1.54, 1.807) is 0 Å². The molecule has 7 nitrogen and oxygen atoms in total. The molecule has 1 aliphatic rings. The van der Waals surface area contributed by atoms with Crippen molar-refractivity contribution in [3.63, 3.8) is 0 Å². The van der Waals surface area contributed by atoms with E-state index in [9.17, 15) is 9.59 Å². The highest BCUT2D eigenvalue weighted by Crippen LogP contribution is 2.20. The molecule has 0 radical (unpaired) electrons. The van der Waals surface area contributed by atoms with Gasteiger partial charge in [0.05, 0.1) is 12.6 Å². The summed E-state index contributed by atoms with van der Waals surface area (Å²) in [5.74, 6) is -1.07. The van der Waals surface area contributed by atoms with Crippen LogP contribution >= 0.6 is 0 Å². The summed E-state index contributed by atoms with van der Waals surface area (Å²) in [4.78, 5) is 23.6. The van der Waals surface area contributed by atoms with E-state index in [2.05, 4.69) is 5.16 Å². The molecule has 0 spiro atoms. The van der Waals surface area contributed by atoms with Crippen molar-refractivity contribution in [3.05, 3.63) is 17.5 Å². The lowest BCUT2D eigenvalue weighted by Crippen LogP contribution is -2.39. The first-order chi connectivity index (χ1) is 8.08. The second-order valence-electron chi connectivity index (χ2n) is 4.01. The minimum atomic E-state index is -1.13. The highest BCUT2D eigenvalue weighted by molar-refractivity contribution is 5.85. The lowest BCUT2D eigenvalue weighted by atomic mass is 10.2.